The fourth-order valence-electron chi connectivity index (χ4n) is 4.59. The molecule has 0 spiro atoms. The van der Waals surface area contributed by atoms with E-state index in [0.29, 0.717) is 54.0 Å². The van der Waals surface area contributed by atoms with E-state index in [1.165, 1.54) is 45.6 Å². The summed E-state index contributed by atoms with van der Waals surface area (Å²) < 4.78 is 47.3. The molecule has 0 fully saturated rings. The van der Waals surface area contributed by atoms with Gasteiger partial charge in [-0.2, -0.15) is 0 Å². The zero-order valence-electron chi connectivity index (χ0n) is 50.1. The van der Waals surface area contributed by atoms with Crippen molar-refractivity contribution in [3.05, 3.63) is 60.8 Å². The van der Waals surface area contributed by atoms with Gasteiger partial charge >= 0.3 is 60.3 Å². The minimum atomic E-state index is -0.550. The zero-order chi connectivity index (χ0) is 62.7. The summed E-state index contributed by atoms with van der Waals surface area (Å²) in [6.07, 6.45) is 10.9. The lowest BCUT2D eigenvalue weighted by Gasteiger charge is -2.07. The second-order valence-corrected chi connectivity index (χ2v) is 17.0. The molecule has 25 heteroatoms. The average molecular weight is 1160 g/mol. The maximum absolute atomic E-state index is 11.3. The van der Waals surface area contributed by atoms with Gasteiger partial charge in [-0.1, -0.05) is 111 Å². The molecular formula is C56H97N5O20. The number of carbonyl (C=O) groups excluding carboxylic acids is 10. The van der Waals surface area contributed by atoms with Crippen LogP contribution in [0, 0.1) is 0 Å². The van der Waals surface area contributed by atoms with Crippen molar-refractivity contribution in [1.29, 1.82) is 0 Å². The topological polar surface area (TPSA) is 323 Å². The molecule has 466 valence electrons. The highest BCUT2D eigenvalue weighted by Gasteiger charge is 2.09. The molecule has 0 saturated heterocycles. The summed E-state index contributed by atoms with van der Waals surface area (Å²) in [5.41, 5.74) is 1.63. The van der Waals surface area contributed by atoms with Crippen LogP contribution in [0.4, 0.5) is 24.0 Å². The predicted octanol–water partition coefficient (Wildman–Crippen LogP) is 8.55. The van der Waals surface area contributed by atoms with Gasteiger partial charge in [0.15, 0.2) is 0 Å². The summed E-state index contributed by atoms with van der Waals surface area (Å²) >= 11 is 0. The van der Waals surface area contributed by atoms with Gasteiger partial charge in [0, 0.05) is 61.1 Å². The Hall–Kier alpha value is -7.60. The molecule has 0 aromatic heterocycles. The summed E-state index contributed by atoms with van der Waals surface area (Å²) in [5, 5.41) is 12.6. The van der Waals surface area contributed by atoms with E-state index in [2.05, 4.69) is 92.3 Å². The van der Waals surface area contributed by atoms with Crippen LogP contribution in [0.25, 0.3) is 0 Å². The van der Waals surface area contributed by atoms with E-state index in [9.17, 15) is 47.9 Å². The zero-order valence-corrected chi connectivity index (χ0v) is 50.1. The molecule has 0 aliphatic carbocycles. The molecule has 5 N–H and O–H groups in total. The normalized spacial score (nSPS) is 9.41. The standard InChI is InChI=1S/C15H27NO4.C13H23NO4.C11H19NO4.C9H15NO4.C8H13NO4/c1-4-5-6-7-8-9-10-16-15(18)20-12-11-19-14(17)13(2)3;1-4-5-6-7-8-14-13(16)18-10-9-17-12(15)11(2)3;1-4-5-6-12-11(14)16-8-7-15-10(13)9(2)3;1-4-10-9(12)14-6-5-13-8(11)7(2)3;1-6(2)7(10)12-4-5-13-8(11)9-3/h2,4-12H2,1,3H3,(H,16,18);2,4-10H2,1,3H3,(H,14,16);2,4-8H2,1,3H3,(H,12,14);2,4-6H2,1,3H3,(H,10,12);1,4-5H2,2-3H3,(H,9,11). The van der Waals surface area contributed by atoms with Gasteiger partial charge in [0.25, 0.3) is 0 Å². The fraction of sp³-hybridized carbons (Fsp3) is 0.643. The van der Waals surface area contributed by atoms with Crippen molar-refractivity contribution in [3.63, 3.8) is 0 Å². The van der Waals surface area contributed by atoms with Crippen LogP contribution in [0.2, 0.25) is 0 Å². The van der Waals surface area contributed by atoms with Crippen LogP contribution in [0.5, 0.6) is 0 Å². The lowest BCUT2D eigenvalue weighted by molar-refractivity contribution is -0.140. The molecule has 81 heavy (non-hydrogen) atoms. The van der Waals surface area contributed by atoms with Gasteiger partial charge in [0.1, 0.15) is 66.1 Å². The highest BCUT2D eigenvalue weighted by molar-refractivity contribution is 5.88. The van der Waals surface area contributed by atoms with Gasteiger partial charge in [0.05, 0.1) is 0 Å². The number of hydrogen-bond acceptors (Lipinski definition) is 20. The second kappa shape index (κ2) is 60.0. The minimum absolute atomic E-state index is 0.0404. The number of ether oxygens (including phenoxy) is 10. The summed E-state index contributed by atoms with van der Waals surface area (Å²) in [7, 11) is 1.45. The SMILES string of the molecule is C=C(C)C(=O)OCCOC(=O)NC.C=C(C)C(=O)OCCOC(=O)NCC.C=C(C)C(=O)OCCOC(=O)NCCCC.C=C(C)C(=O)OCCOC(=O)NCCCCCC.C=C(C)C(=O)OCCOC(=O)NCCCCCCCC. The summed E-state index contributed by atoms with van der Waals surface area (Å²) in [4.78, 5) is 109. The number of amides is 5. The largest absolute Gasteiger partial charge is 0.459 e. The molecule has 0 bridgehead atoms. The smallest absolute Gasteiger partial charge is 0.407 e. The van der Waals surface area contributed by atoms with E-state index in [0.717, 1.165) is 38.5 Å². The number of hydrogen-bond donors (Lipinski definition) is 5. The molecule has 0 aliphatic heterocycles. The first kappa shape index (κ1) is 82.2. The number of alkyl carbamates (subject to hydrolysis) is 5. The molecule has 0 atom stereocenters. The van der Waals surface area contributed by atoms with Crippen molar-refractivity contribution in [2.24, 2.45) is 0 Å². The summed E-state index contributed by atoms with van der Waals surface area (Å²) in [6.45, 7) is 35.8. The lowest BCUT2D eigenvalue weighted by Crippen LogP contribution is -2.26. The maximum Gasteiger partial charge on any atom is 0.407 e. The van der Waals surface area contributed by atoms with Gasteiger partial charge in [-0.3, -0.25) is 0 Å². The second-order valence-electron chi connectivity index (χ2n) is 17.0. The number of carbonyl (C=O) groups is 10. The van der Waals surface area contributed by atoms with Crippen molar-refractivity contribution in [2.75, 3.05) is 99.3 Å². The Morgan fingerprint density at radius 2 is 0.494 bits per heavy atom. The number of unbranched alkanes of at least 4 members (excludes halogenated alkanes) is 9. The first-order chi connectivity index (χ1) is 38.4. The fourth-order valence-corrected chi connectivity index (χ4v) is 4.59. The van der Waals surface area contributed by atoms with Crippen molar-refractivity contribution in [1.82, 2.24) is 26.6 Å². The van der Waals surface area contributed by atoms with Crippen LogP contribution in [0.15, 0.2) is 60.8 Å². The Kier molecular flexibility index (Phi) is 61.0. The number of nitrogens with one attached hydrogen (secondary N) is 5. The minimum Gasteiger partial charge on any atom is -0.459 e. The molecule has 0 aromatic rings. The Labute approximate surface area is 480 Å². The van der Waals surface area contributed by atoms with E-state index in [4.69, 9.17) is 28.4 Å². The van der Waals surface area contributed by atoms with Crippen LogP contribution >= 0.6 is 0 Å². The van der Waals surface area contributed by atoms with Crippen LogP contribution in [0.3, 0.4) is 0 Å². The average Bonchev–Trinajstić information content (AvgIpc) is 3.42. The van der Waals surface area contributed by atoms with Crippen LogP contribution in [-0.4, -0.2) is 160 Å². The molecule has 0 radical (unpaired) electrons. The van der Waals surface area contributed by atoms with Crippen LogP contribution < -0.4 is 26.6 Å². The highest BCUT2D eigenvalue weighted by Crippen LogP contribution is 2.04. The maximum atomic E-state index is 11.3. The molecule has 0 unspecified atom stereocenters. The molecule has 0 saturated carbocycles. The van der Waals surface area contributed by atoms with Crippen molar-refractivity contribution in [2.45, 2.75) is 139 Å². The Morgan fingerprint density at radius 1 is 0.284 bits per heavy atom. The van der Waals surface area contributed by atoms with Gasteiger partial charge in [-0.25, -0.2) is 47.9 Å². The molecule has 5 amide bonds. The predicted molar refractivity (Wildman–Crippen MR) is 305 cm³/mol. The van der Waals surface area contributed by atoms with E-state index in [1.54, 1.807) is 41.5 Å². The summed E-state index contributed by atoms with van der Waals surface area (Å²) in [5.74, 6) is -2.39. The van der Waals surface area contributed by atoms with Crippen molar-refractivity contribution >= 4 is 60.3 Å². The molecule has 0 aliphatic rings. The van der Waals surface area contributed by atoms with E-state index >= 15 is 0 Å². The third-order valence-electron chi connectivity index (χ3n) is 8.91. The van der Waals surface area contributed by atoms with Crippen molar-refractivity contribution in [3.8, 4) is 0 Å². The summed E-state index contributed by atoms with van der Waals surface area (Å²) in [6, 6.07) is 0. The Balaban J connectivity index is -0.000000300. The van der Waals surface area contributed by atoms with Gasteiger partial charge in [-0.05, 0) is 60.8 Å². The Bertz CT molecular complexity index is 1870. The van der Waals surface area contributed by atoms with E-state index < -0.39 is 60.3 Å². The quantitative estimate of drug-likeness (QED) is 0.0170. The van der Waals surface area contributed by atoms with Gasteiger partial charge < -0.3 is 74.0 Å². The van der Waals surface area contributed by atoms with Gasteiger partial charge in [-0.15, -0.1) is 0 Å². The highest BCUT2D eigenvalue weighted by atomic mass is 16.6. The number of esters is 5. The lowest BCUT2D eigenvalue weighted by atomic mass is 10.1. The van der Waals surface area contributed by atoms with E-state index in [1.807, 2.05) is 6.92 Å². The third-order valence-corrected chi connectivity index (χ3v) is 8.91. The monoisotopic (exact) mass is 1160 g/mol. The molecule has 0 heterocycles. The Morgan fingerprint density at radius 3 is 0.741 bits per heavy atom. The van der Waals surface area contributed by atoms with E-state index in [-0.39, 0.29) is 66.1 Å². The first-order valence-corrected chi connectivity index (χ1v) is 27.0. The first-order valence-electron chi connectivity index (χ1n) is 27.0. The molecule has 0 aromatic carbocycles. The van der Waals surface area contributed by atoms with Crippen LogP contribution in [-0.2, 0) is 71.3 Å². The molecule has 25 nitrogen and oxygen atoms in total. The van der Waals surface area contributed by atoms with Gasteiger partial charge in [0.2, 0.25) is 0 Å². The molecule has 0 rings (SSSR count). The molecular weight excluding hydrogens is 1060 g/mol. The third kappa shape index (κ3) is 66.6. The number of rotatable bonds is 36. The van der Waals surface area contributed by atoms with Crippen LogP contribution in [0.1, 0.15) is 139 Å². The van der Waals surface area contributed by atoms with Crippen molar-refractivity contribution < 1.29 is 95.3 Å².